The van der Waals surface area contributed by atoms with Gasteiger partial charge in [-0.25, -0.2) is 0 Å². The van der Waals surface area contributed by atoms with E-state index >= 15 is 0 Å². The topological polar surface area (TPSA) is 42.3 Å². The van der Waals surface area contributed by atoms with Crippen LogP contribution in [0.25, 0.3) is 0 Å². The molecule has 0 unspecified atom stereocenters. The maximum atomic E-state index is 13.0. The minimum atomic E-state index is -0.0747. The zero-order chi connectivity index (χ0) is 17.6. The van der Waals surface area contributed by atoms with Crippen LogP contribution in [0, 0.1) is 0 Å². The van der Waals surface area contributed by atoms with Crippen molar-refractivity contribution in [2.24, 2.45) is 7.05 Å². The van der Waals surface area contributed by atoms with E-state index in [-0.39, 0.29) is 16.7 Å². The van der Waals surface area contributed by atoms with Gasteiger partial charge >= 0.3 is 4.87 Å². The number of halogens is 1. The Morgan fingerprint density at radius 1 is 1.04 bits per heavy atom. The second kappa shape index (κ2) is 6.28. The second-order valence-corrected chi connectivity index (χ2v) is 7.90. The summed E-state index contributed by atoms with van der Waals surface area (Å²) < 4.78 is 2.52. The first-order valence-electron chi connectivity index (χ1n) is 7.89. The lowest BCUT2D eigenvalue weighted by molar-refractivity contribution is -0.118. The number of rotatable bonds is 2. The molecular weight excluding hydrogens is 400 g/mol. The highest BCUT2D eigenvalue weighted by Gasteiger charge is 2.37. The van der Waals surface area contributed by atoms with Gasteiger partial charge in [-0.1, -0.05) is 57.6 Å². The molecule has 1 aliphatic rings. The minimum Gasteiger partial charge on any atom is -0.288 e. The monoisotopic (exact) mass is 414 g/mol. The SMILES string of the molecule is Cn1c2c(sc1=O)[C@@H](c1ccccc1)CC(=O)N2c1ccc(Br)cc1. The molecule has 0 N–H and O–H groups in total. The third-order valence-electron chi connectivity index (χ3n) is 4.45. The molecule has 0 saturated heterocycles. The number of nitrogens with zero attached hydrogens (tertiary/aromatic N) is 2. The molecule has 4 rings (SSSR count). The summed E-state index contributed by atoms with van der Waals surface area (Å²) in [5.74, 6) is 0.605. The summed E-state index contributed by atoms with van der Waals surface area (Å²) in [6, 6.07) is 17.5. The highest BCUT2D eigenvalue weighted by Crippen LogP contribution is 2.44. The molecule has 2 aromatic carbocycles. The van der Waals surface area contributed by atoms with Crippen LogP contribution in [-0.4, -0.2) is 10.5 Å². The first-order valence-corrected chi connectivity index (χ1v) is 9.50. The number of aromatic nitrogens is 1. The molecule has 126 valence electrons. The fourth-order valence-electron chi connectivity index (χ4n) is 3.23. The Balaban J connectivity index is 1.90. The summed E-state index contributed by atoms with van der Waals surface area (Å²) in [6.45, 7) is 0. The molecule has 0 saturated carbocycles. The van der Waals surface area contributed by atoms with Gasteiger partial charge < -0.3 is 0 Å². The van der Waals surface area contributed by atoms with Crippen molar-refractivity contribution in [2.75, 3.05) is 4.90 Å². The van der Waals surface area contributed by atoms with Gasteiger partial charge in [-0.2, -0.15) is 0 Å². The zero-order valence-electron chi connectivity index (χ0n) is 13.5. The molecule has 25 heavy (non-hydrogen) atoms. The zero-order valence-corrected chi connectivity index (χ0v) is 15.9. The Morgan fingerprint density at radius 3 is 2.40 bits per heavy atom. The van der Waals surface area contributed by atoms with Gasteiger partial charge in [0.15, 0.2) is 0 Å². The van der Waals surface area contributed by atoms with Crippen LogP contribution in [0.15, 0.2) is 63.9 Å². The van der Waals surface area contributed by atoms with Crippen LogP contribution >= 0.6 is 27.3 Å². The van der Waals surface area contributed by atoms with Crippen LogP contribution in [0.1, 0.15) is 22.8 Å². The molecule has 0 bridgehead atoms. The van der Waals surface area contributed by atoms with E-state index < -0.39 is 0 Å². The summed E-state index contributed by atoms with van der Waals surface area (Å²) in [6.07, 6.45) is 0.354. The number of thiazole rings is 1. The van der Waals surface area contributed by atoms with Crippen molar-refractivity contribution in [2.45, 2.75) is 12.3 Å². The van der Waals surface area contributed by atoms with Crippen molar-refractivity contribution in [3.8, 4) is 0 Å². The second-order valence-electron chi connectivity index (χ2n) is 5.99. The summed E-state index contributed by atoms with van der Waals surface area (Å²) in [5, 5.41) is 0. The van der Waals surface area contributed by atoms with E-state index in [0.717, 1.165) is 20.6 Å². The van der Waals surface area contributed by atoms with Crippen LogP contribution in [0.2, 0.25) is 0 Å². The van der Waals surface area contributed by atoms with Gasteiger partial charge in [-0.05, 0) is 29.8 Å². The molecule has 1 amide bonds. The molecule has 0 fully saturated rings. The lowest BCUT2D eigenvalue weighted by Crippen LogP contribution is -2.34. The van der Waals surface area contributed by atoms with Crippen LogP contribution in [0.3, 0.4) is 0 Å². The summed E-state index contributed by atoms with van der Waals surface area (Å²) >= 11 is 4.65. The van der Waals surface area contributed by atoms with Crippen molar-refractivity contribution in [3.63, 3.8) is 0 Å². The Kier molecular flexibility index (Phi) is 4.09. The van der Waals surface area contributed by atoms with Gasteiger partial charge in [0.1, 0.15) is 5.82 Å². The maximum Gasteiger partial charge on any atom is 0.308 e. The first-order chi connectivity index (χ1) is 12.1. The molecule has 1 atom stereocenters. The highest BCUT2D eigenvalue weighted by molar-refractivity contribution is 9.10. The lowest BCUT2D eigenvalue weighted by Gasteiger charge is -2.32. The Morgan fingerprint density at radius 2 is 1.72 bits per heavy atom. The number of carbonyl (C=O) groups is 1. The van der Waals surface area contributed by atoms with Gasteiger partial charge in [0.25, 0.3) is 0 Å². The molecule has 4 nitrogen and oxygen atoms in total. The number of carbonyl (C=O) groups excluding carboxylic acids is 1. The third-order valence-corrected chi connectivity index (χ3v) is 6.12. The molecule has 0 radical (unpaired) electrons. The molecule has 0 spiro atoms. The fourth-order valence-corrected chi connectivity index (χ4v) is 4.59. The van der Waals surface area contributed by atoms with E-state index in [1.165, 1.54) is 11.3 Å². The predicted octanol–water partition coefficient (Wildman–Crippen LogP) is 4.41. The predicted molar refractivity (Wildman–Crippen MR) is 104 cm³/mol. The molecule has 3 aromatic rings. The number of amides is 1. The lowest BCUT2D eigenvalue weighted by atomic mass is 9.90. The Bertz CT molecular complexity index is 993. The van der Waals surface area contributed by atoms with Crippen molar-refractivity contribution in [1.29, 1.82) is 0 Å². The average molecular weight is 415 g/mol. The number of anilines is 2. The quantitative estimate of drug-likeness (QED) is 0.622. The highest BCUT2D eigenvalue weighted by atomic mass is 79.9. The van der Waals surface area contributed by atoms with Crippen LogP contribution in [0.4, 0.5) is 11.5 Å². The fraction of sp³-hybridized carbons (Fsp3) is 0.158. The van der Waals surface area contributed by atoms with E-state index in [1.54, 1.807) is 16.5 Å². The molecule has 1 aromatic heterocycles. The van der Waals surface area contributed by atoms with Gasteiger partial charge in [0, 0.05) is 23.9 Å². The smallest absolute Gasteiger partial charge is 0.288 e. The number of fused-ring (bicyclic) bond motifs is 1. The summed E-state index contributed by atoms with van der Waals surface area (Å²) in [7, 11) is 1.73. The van der Waals surface area contributed by atoms with E-state index in [0.29, 0.717) is 12.2 Å². The van der Waals surface area contributed by atoms with Crippen molar-refractivity contribution < 1.29 is 4.79 Å². The molecule has 0 aliphatic carbocycles. The van der Waals surface area contributed by atoms with Crippen LogP contribution < -0.4 is 9.77 Å². The van der Waals surface area contributed by atoms with E-state index in [9.17, 15) is 9.59 Å². The van der Waals surface area contributed by atoms with E-state index in [1.807, 2.05) is 54.6 Å². The van der Waals surface area contributed by atoms with Crippen molar-refractivity contribution >= 4 is 44.7 Å². The van der Waals surface area contributed by atoms with Gasteiger partial charge in [-0.15, -0.1) is 0 Å². The van der Waals surface area contributed by atoms with Gasteiger partial charge in [0.2, 0.25) is 5.91 Å². The molecule has 2 heterocycles. The Labute approximate surface area is 157 Å². The summed E-state index contributed by atoms with van der Waals surface area (Å²) in [5.41, 5.74) is 1.84. The Hall–Kier alpha value is -2.18. The van der Waals surface area contributed by atoms with E-state index in [2.05, 4.69) is 15.9 Å². The minimum absolute atomic E-state index is 0.00271. The first kappa shape index (κ1) is 16.3. The standard InChI is InChI=1S/C19H15BrN2O2S/c1-21-18-17(25-19(21)24)15(12-5-3-2-4-6-12)11-16(23)22(18)14-9-7-13(20)8-10-14/h2-10,15H,11H2,1H3/t15-/m1/s1. The molecule has 1 aliphatic heterocycles. The van der Waals surface area contributed by atoms with E-state index in [4.69, 9.17) is 0 Å². The largest absolute Gasteiger partial charge is 0.308 e. The normalized spacial score (nSPS) is 16.8. The summed E-state index contributed by atoms with van der Waals surface area (Å²) in [4.78, 5) is 27.9. The molecular formula is C19H15BrN2O2S. The average Bonchev–Trinajstić information content (AvgIpc) is 2.92. The van der Waals surface area contributed by atoms with Crippen molar-refractivity contribution in [1.82, 2.24) is 4.57 Å². The molecule has 6 heteroatoms. The number of hydrogen-bond donors (Lipinski definition) is 0. The maximum absolute atomic E-state index is 13.0. The van der Waals surface area contributed by atoms with Gasteiger partial charge in [0.05, 0.1) is 10.6 Å². The van der Waals surface area contributed by atoms with Gasteiger partial charge in [-0.3, -0.25) is 19.1 Å². The number of hydrogen-bond acceptors (Lipinski definition) is 3. The van der Waals surface area contributed by atoms with Crippen LogP contribution in [-0.2, 0) is 11.8 Å². The number of benzene rings is 2. The third kappa shape index (κ3) is 2.75. The van der Waals surface area contributed by atoms with Crippen molar-refractivity contribution in [3.05, 3.63) is 79.2 Å². The van der Waals surface area contributed by atoms with Crippen LogP contribution in [0.5, 0.6) is 0 Å².